The van der Waals surface area contributed by atoms with Crippen molar-refractivity contribution in [3.63, 3.8) is 0 Å². The third-order valence-electron chi connectivity index (χ3n) is 5.08. The van der Waals surface area contributed by atoms with Crippen LogP contribution in [0.4, 0.5) is 0 Å². The fourth-order valence-electron chi connectivity index (χ4n) is 3.78. The van der Waals surface area contributed by atoms with Crippen molar-refractivity contribution in [2.75, 3.05) is 26.2 Å². The van der Waals surface area contributed by atoms with E-state index in [9.17, 15) is 9.90 Å². The molecule has 1 amide bonds. The highest BCUT2D eigenvalue weighted by atomic mass is 35.5. The molecule has 1 atom stereocenters. The maximum Gasteiger partial charge on any atom is 0.256 e. The molecule has 1 N–H and O–H groups in total. The Hall–Kier alpha value is -1.10. The first kappa shape index (κ1) is 16.7. The van der Waals surface area contributed by atoms with E-state index in [-0.39, 0.29) is 5.91 Å². The number of carbonyl (C=O) groups excluding carboxylic acids is 1. The van der Waals surface area contributed by atoms with Gasteiger partial charge in [-0.25, -0.2) is 0 Å². The van der Waals surface area contributed by atoms with Gasteiger partial charge in [-0.3, -0.25) is 9.69 Å². The zero-order valence-corrected chi connectivity index (χ0v) is 14.2. The predicted molar refractivity (Wildman–Crippen MR) is 91.4 cm³/mol. The number of benzene rings is 1. The molecule has 1 heterocycles. The highest BCUT2D eigenvalue weighted by Crippen LogP contribution is 2.25. The van der Waals surface area contributed by atoms with Crippen LogP contribution in [0.15, 0.2) is 24.3 Å². The summed E-state index contributed by atoms with van der Waals surface area (Å²) < 4.78 is 0. The highest BCUT2D eigenvalue weighted by Gasteiger charge is 2.29. The summed E-state index contributed by atoms with van der Waals surface area (Å²) in [5, 5.41) is 10.9. The van der Waals surface area contributed by atoms with E-state index in [2.05, 4.69) is 4.90 Å². The molecule has 1 aliphatic carbocycles. The summed E-state index contributed by atoms with van der Waals surface area (Å²) in [7, 11) is 0. The standard InChI is InChI=1S/C18H25ClN2O2/c19-15-6-3-5-14(13-15)17(22)18(23)21-10-4-9-20(11-12-21)16-7-1-2-8-16/h3,5-6,13,16-17,22H,1-2,4,7-12H2. The van der Waals surface area contributed by atoms with Gasteiger partial charge in [0.1, 0.15) is 0 Å². The molecule has 3 rings (SSSR count). The Balaban J connectivity index is 1.61. The Morgan fingerprint density at radius 1 is 1.13 bits per heavy atom. The van der Waals surface area contributed by atoms with Crippen molar-refractivity contribution in [2.45, 2.75) is 44.2 Å². The first-order chi connectivity index (χ1) is 11.1. The number of nitrogens with zero attached hydrogens (tertiary/aromatic N) is 2. The average molecular weight is 337 g/mol. The van der Waals surface area contributed by atoms with Crippen LogP contribution in [0, 0.1) is 0 Å². The van der Waals surface area contributed by atoms with E-state index in [4.69, 9.17) is 11.6 Å². The molecular formula is C18H25ClN2O2. The van der Waals surface area contributed by atoms with E-state index in [0.29, 0.717) is 23.2 Å². The van der Waals surface area contributed by atoms with Crippen LogP contribution in [0.1, 0.15) is 43.8 Å². The third-order valence-corrected chi connectivity index (χ3v) is 5.32. The Labute approximate surface area is 143 Å². The summed E-state index contributed by atoms with van der Waals surface area (Å²) >= 11 is 5.95. The lowest BCUT2D eigenvalue weighted by molar-refractivity contribution is -0.140. The van der Waals surface area contributed by atoms with Crippen LogP contribution >= 0.6 is 11.6 Å². The largest absolute Gasteiger partial charge is 0.378 e. The number of hydrogen-bond donors (Lipinski definition) is 1. The molecule has 0 aromatic heterocycles. The van der Waals surface area contributed by atoms with Crippen LogP contribution in [0.5, 0.6) is 0 Å². The zero-order valence-electron chi connectivity index (χ0n) is 13.5. The molecule has 1 aromatic carbocycles. The van der Waals surface area contributed by atoms with E-state index < -0.39 is 6.10 Å². The van der Waals surface area contributed by atoms with E-state index >= 15 is 0 Å². The molecular weight excluding hydrogens is 312 g/mol. The molecule has 1 saturated heterocycles. The minimum absolute atomic E-state index is 0.208. The molecule has 1 unspecified atom stereocenters. The molecule has 0 bridgehead atoms. The van der Waals surface area contributed by atoms with Gasteiger partial charge in [0.05, 0.1) is 0 Å². The lowest BCUT2D eigenvalue weighted by Crippen LogP contribution is -2.40. The van der Waals surface area contributed by atoms with Crippen LogP contribution in [0.25, 0.3) is 0 Å². The first-order valence-corrected chi connectivity index (χ1v) is 8.99. The maximum atomic E-state index is 12.6. The van der Waals surface area contributed by atoms with Gasteiger partial charge < -0.3 is 10.0 Å². The van der Waals surface area contributed by atoms with Crippen LogP contribution in [-0.4, -0.2) is 53.0 Å². The number of amides is 1. The van der Waals surface area contributed by atoms with E-state index in [1.165, 1.54) is 25.7 Å². The van der Waals surface area contributed by atoms with Crippen LogP contribution < -0.4 is 0 Å². The van der Waals surface area contributed by atoms with Crippen LogP contribution in [-0.2, 0) is 4.79 Å². The van der Waals surface area contributed by atoms with Gasteiger partial charge in [0.2, 0.25) is 0 Å². The number of halogens is 1. The second-order valence-electron chi connectivity index (χ2n) is 6.61. The molecule has 5 heteroatoms. The van der Waals surface area contributed by atoms with E-state index in [1.807, 2.05) is 0 Å². The minimum Gasteiger partial charge on any atom is -0.378 e. The van der Waals surface area contributed by atoms with Crippen LogP contribution in [0.2, 0.25) is 5.02 Å². The normalized spacial score (nSPS) is 22.1. The third kappa shape index (κ3) is 4.06. The summed E-state index contributed by atoms with van der Waals surface area (Å²) in [6, 6.07) is 7.61. The van der Waals surface area contributed by atoms with E-state index in [1.54, 1.807) is 29.2 Å². The molecule has 1 saturated carbocycles. The lowest BCUT2D eigenvalue weighted by atomic mass is 10.1. The molecule has 2 aliphatic rings. The molecule has 4 nitrogen and oxygen atoms in total. The molecule has 0 radical (unpaired) electrons. The number of aliphatic hydroxyl groups excluding tert-OH is 1. The second-order valence-corrected chi connectivity index (χ2v) is 7.05. The smallest absolute Gasteiger partial charge is 0.256 e. The topological polar surface area (TPSA) is 43.8 Å². The van der Waals surface area contributed by atoms with Gasteiger partial charge >= 0.3 is 0 Å². The summed E-state index contributed by atoms with van der Waals surface area (Å²) in [4.78, 5) is 16.9. The zero-order chi connectivity index (χ0) is 16.2. The molecule has 2 fully saturated rings. The Morgan fingerprint density at radius 3 is 2.65 bits per heavy atom. The Kier molecular flexibility index (Phi) is 5.57. The minimum atomic E-state index is -1.12. The molecule has 126 valence electrons. The van der Waals surface area contributed by atoms with Gasteiger partial charge in [-0.2, -0.15) is 0 Å². The average Bonchev–Trinajstić information content (AvgIpc) is 2.98. The van der Waals surface area contributed by atoms with Gasteiger partial charge in [-0.1, -0.05) is 36.6 Å². The van der Waals surface area contributed by atoms with Crippen molar-refractivity contribution < 1.29 is 9.90 Å². The molecule has 1 aromatic rings. The lowest BCUT2D eigenvalue weighted by Gasteiger charge is -2.27. The van der Waals surface area contributed by atoms with Crippen LogP contribution in [0.3, 0.4) is 0 Å². The van der Waals surface area contributed by atoms with Gasteiger partial charge in [0.25, 0.3) is 5.91 Å². The fraction of sp³-hybridized carbons (Fsp3) is 0.611. The van der Waals surface area contributed by atoms with Crippen molar-refractivity contribution in [1.29, 1.82) is 0 Å². The van der Waals surface area contributed by atoms with E-state index in [0.717, 1.165) is 26.1 Å². The van der Waals surface area contributed by atoms with Gasteiger partial charge in [-0.05, 0) is 37.0 Å². The maximum absolute atomic E-state index is 12.6. The van der Waals surface area contributed by atoms with Gasteiger partial charge in [0, 0.05) is 37.2 Å². The summed E-state index contributed by atoms with van der Waals surface area (Å²) in [6.45, 7) is 3.40. The van der Waals surface area contributed by atoms with Gasteiger partial charge in [-0.15, -0.1) is 0 Å². The van der Waals surface area contributed by atoms with Crippen molar-refractivity contribution in [3.8, 4) is 0 Å². The fourth-order valence-corrected chi connectivity index (χ4v) is 3.98. The van der Waals surface area contributed by atoms with Gasteiger partial charge in [0.15, 0.2) is 6.10 Å². The number of carbonyl (C=O) groups is 1. The first-order valence-electron chi connectivity index (χ1n) is 8.61. The highest BCUT2D eigenvalue weighted by molar-refractivity contribution is 6.30. The Morgan fingerprint density at radius 2 is 1.91 bits per heavy atom. The Bertz CT molecular complexity index is 546. The molecule has 0 spiro atoms. The summed E-state index contributed by atoms with van der Waals surface area (Å²) in [5.41, 5.74) is 0.569. The van der Waals surface area contributed by atoms with Crippen molar-refractivity contribution >= 4 is 17.5 Å². The molecule has 1 aliphatic heterocycles. The summed E-state index contributed by atoms with van der Waals surface area (Å²) in [6.07, 6.45) is 5.10. The monoisotopic (exact) mass is 336 g/mol. The number of rotatable bonds is 3. The predicted octanol–water partition coefficient (Wildman–Crippen LogP) is 2.85. The van der Waals surface area contributed by atoms with Crippen molar-refractivity contribution in [3.05, 3.63) is 34.9 Å². The quantitative estimate of drug-likeness (QED) is 0.923. The number of hydrogen-bond acceptors (Lipinski definition) is 3. The molecule has 23 heavy (non-hydrogen) atoms. The van der Waals surface area contributed by atoms with Crippen molar-refractivity contribution in [1.82, 2.24) is 9.80 Å². The SMILES string of the molecule is O=C(C(O)c1cccc(Cl)c1)N1CCCN(C2CCCC2)CC1. The summed E-state index contributed by atoms with van der Waals surface area (Å²) in [5.74, 6) is -0.208. The number of aliphatic hydroxyl groups is 1. The second kappa shape index (κ2) is 7.65. The van der Waals surface area contributed by atoms with Crippen molar-refractivity contribution in [2.24, 2.45) is 0 Å².